The van der Waals surface area contributed by atoms with Gasteiger partial charge in [0.15, 0.2) is 6.29 Å². The summed E-state index contributed by atoms with van der Waals surface area (Å²) in [5, 5.41) is 12.1. The maximum absolute atomic E-state index is 8.87. The van der Waals surface area contributed by atoms with E-state index in [-0.39, 0.29) is 12.4 Å². The van der Waals surface area contributed by atoms with E-state index in [1.807, 2.05) is 6.92 Å². The topological polar surface area (TPSA) is 60.3 Å². The maximum atomic E-state index is 8.87. The van der Waals surface area contributed by atoms with E-state index in [0.717, 1.165) is 0 Å². The van der Waals surface area contributed by atoms with E-state index in [0.29, 0.717) is 12.1 Å². The molecule has 14 heavy (non-hydrogen) atoms. The van der Waals surface area contributed by atoms with Crippen LogP contribution in [0.15, 0.2) is 5.16 Å². The van der Waals surface area contributed by atoms with Gasteiger partial charge >= 0.3 is 0 Å². The van der Waals surface area contributed by atoms with Crippen molar-refractivity contribution < 1.29 is 19.4 Å². The lowest BCUT2D eigenvalue weighted by atomic mass is 9.89. The van der Waals surface area contributed by atoms with Crippen molar-refractivity contribution in [3.63, 3.8) is 0 Å². The Bertz CT molecular complexity index is 231. The second-order valence-electron chi connectivity index (χ2n) is 3.57. The van der Waals surface area contributed by atoms with E-state index in [4.69, 9.17) is 19.4 Å². The highest BCUT2D eigenvalue weighted by atomic mass is 16.7. The third-order valence-electron chi connectivity index (χ3n) is 2.66. The average Bonchev–Trinajstić information content (AvgIpc) is 2.17. The lowest BCUT2D eigenvalue weighted by molar-refractivity contribution is -0.180. The van der Waals surface area contributed by atoms with Gasteiger partial charge in [-0.25, -0.2) is 0 Å². The Hall–Kier alpha value is -0.650. The van der Waals surface area contributed by atoms with Gasteiger partial charge in [0.2, 0.25) is 0 Å². The lowest BCUT2D eigenvalue weighted by Crippen LogP contribution is -2.53. The van der Waals surface area contributed by atoms with Gasteiger partial charge in [-0.05, 0) is 13.8 Å². The third-order valence-corrected chi connectivity index (χ3v) is 2.66. The summed E-state index contributed by atoms with van der Waals surface area (Å²) in [7, 11) is 3.16. The van der Waals surface area contributed by atoms with Crippen molar-refractivity contribution >= 4 is 5.71 Å². The molecule has 1 saturated heterocycles. The van der Waals surface area contributed by atoms with E-state index in [9.17, 15) is 0 Å². The molecule has 3 atom stereocenters. The highest BCUT2D eigenvalue weighted by Gasteiger charge is 2.43. The molecule has 0 radical (unpaired) electrons. The minimum atomic E-state index is -0.618. The monoisotopic (exact) mass is 203 g/mol. The fraction of sp³-hybridized carbons (Fsp3) is 0.889. The molecule has 82 valence electrons. The van der Waals surface area contributed by atoms with Crippen molar-refractivity contribution in [1.82, 2.24) is 0 Å². The molecule has 1 heterocycles. The number of ether oxygens (including phenoxy) is 3. The molecule has 0 saturated carbocycles. The summed E-state index contributed by atoms with van der Waals surface area (Å²) < 4.78 is 15.9. The predicted molar refractivity (Wildman–Crippen MR) is 50.6 cm³/mol. The Kier molecular flexibility index (Phi) is 3.47. The number of oxime groups is 1. The number of hydrogen-bond acceptors (Lipinski definition) is 5. The van der Waals surface area contributed by atoms with Crippen molar-refractivity contribution in [3.05, 3.63) is 0 Å². The molecule has 0 aromatic carbocycles. The van der Waals surface area contributed by atoms with Gasteiger partial charge in [0, 0.05) is 20.6 Å². The minimum absolute atomic E-state index is 0.302. The smallest absolute Gasteiger partial charge is 0.161 e. The first kappa shape index (κ1) is 11.4. The zero-order valence-corrected chi connectivity index (χ0v) is 8.98. The van der Waals surface area contributed by atoms with Crippen LogP contribution < -0.4 is 0 Å². The van der Waals surface area contributed by atoms with Gasteiger partial charge in [-0.3, -0.25) is 0 Å². The molecule has 1 rings (SSSR count). The first-order valence-electron chi connectivity index (χ1n) is 4.53. The number of rotatable bonds is 2. The van der Waals surface area contributed by atoms with Gasteiger partial charge in [0.25, 0.3) is 0 Å². The van der Waals surface area contributed by atoms with Gasteiger partial charge in [-0.2, -0.15) is 0 Å². The van der Waals surface area contributed by atoms with Gasteiger partial charge in [-0.1, -0.05) is 5.16 Å². The molecule has 1 aliphatic heterocycles. The molecule has 1 N–H and O–H groups in total. The van der Waals surface area contributed by atoms with Crippen molar-refractivity contribution in [2.24, 2.45) is 5.16 Å². The van der Waals surface area contributed by atoms with Crippen LogP contribution in [0, 0.1) is 0 Å². The predicted octanol–water partition coefficient (Wildman–Crippen LogP) is 1.00. The largest absolute Gasteiger partial charge is 0.411 e. The Morgan fingerprint density at radius 1 is 1.57 bits per heavy atom. The molecule has 5 heteroatoms. The van der Waals surface area contributed by atoms with Gasteiger partial charge in [0.1, 0.15) is 17.4 Å². The fourth-order valence-corrected chi connectivity index (χ4v) is 1.71. The lowest BCUT2D eigenvalue weighted by Gasteiger charge is -2.39. The standard InChI is InChI=1S/C9H17NO4/c1-6-8(10-11)9(2,13-4)5-7(12-3)14-6/h6-7,11H,5H2,1-4H3/b10-8+. The van der Waals surface area contributed by atoms with E-state index in [2.05, 4.69) is 5.16 Å². The van der Waals surface area contributed by atoms with Crippen molar-refractivity contribution in [3.8, 4) is 0 Å². The molecule has 1 aliphatic rings. The van der Waals surface area contributed by atoms with E-state index >= 15 is 0 Å². The van der Waals surface area contributed by atoms with Crippen LogP contribution >= 0.6 is 0 Å². The minimum Gasteiger partial charge on any atom is -0.411 e. The molecular weight excluding hydrogens is 186 g/mol. The summed E-state index contributed by atoms with van der Waals surface area (Å²) in [5.74, 6) is 0. The fourth-order valence-electron chi connectivity index (χ4n) is 1.71. The summed E-state index contributed by atoms with van der Waals surface area (Å²) in [6.07, 6.45) is -0.104. The van der Waals surface area contributed by atoms with Crippen LogP contribution in [-0.2, 0) is 14.2 Å². The van der Waals surface area contributed by atoms with Crippen LogP contribution in [0.1, 0.15) is 20.3 Å². The SMILES string of the molecule is COC1CC(C)(OC)/C(=N/O)C(C)O1. The summed E-state index contributed by atoms with van der Waals surface area (Å²) in [5.41, 5.74) is -0.124. The number of methoxy groups -OCH3 is 2. The van der Waals surface area contributed by atoms with Crippen LogP contribution in [0.3, 0.4) is 0 Å². The van der Waals surface area contributed by atoms with Crippen LogP contribution in [0.25, 0.3) is 0 Å². The molecule has 0 aromatic heterocycles. The molecule has 0 aliphatic carbocycles. The van der Waals surface area contributed by atoms with Crippen LogP contribution in [0.2, 0.25) is 0 Å². The van der Waals surface area contributed by atoms with Crippen molar-refractivity contribution in [2.45, 2.75) is 38.3 Å². The van der Waals surface area contributed by atoms with E-state index < -0.39 is 5.60 Å². The highest BCUT2D eigenvalue weighted by molar-refractivity contribution is 5.95. The molecule has 3 unspecified atom stereocenters. The Balaban J connectivity index is 2.89. The molecule has 0 aromatic rings. The summed E-state index contributed by atoms with van der Waals surface area (Å²) in [6, 6.07) is 0. The van der Waals surface area contributed by atoms with Crippen LogP contribution in [0.4, 0.5) is 0 Å². The molecular formula is C9H17NO4. The van der Waals surface area contributed by atoms with Crippen LogP contribution in [-0.4, -0.2) is 43.1 Å². The van der Waals surface area contributed by atoms with Crippen molar-refractivity contribution in [1.29, 1.82) is 0 Å². The molecule has 1 fully saturated rings. The van der Waals surface area contributed by atoms with Crippen molar-refractivity contribution in [2.75, 3.05) is 14.2 Å². The maximum Gasteiger partial charge on any atom is 0.161 e. The zero-order valence-electron chi connectivity index (χ0n) is 8.98. The zero-order chi connectivity index (χ0) is 10.8. The molecule has 5 nitrogen and oxygen atoms in total. The van der Waals surface area contributed by atoms with Gasteiger partial charge in [-0.15, -0.1) is 0 Å². The van der Waals surface area contributed by atoms with E-state index in [1.54, 1.807) is 21.1 Å². The Morgan fingerprint density at radius 3 is 2.64 bits per heavy atom. The second kappa shape index (κ2) is 4.25. The summed E-state index contributed by atoms with van der Waals surface area (Å²) in [4.78, 5) is 0. The quantitative estimate of drug-likeness (QED) is 0.537. The second-order valence-corrected chi connectivity index (χ2v) is 3.57. The summed E-state index contributed by atoms with van der Waals surface area (Å²) >= 11 is 0. The molecule has 0 amide bonds. The summed E-state index contributed by atoms with van der Waals surface area (Å²) in [6.45, 7) is 3.66. The molecule has 0 bridgehead atoms. The van der Waals surface area contributed by atoms with Gasteiger partial charge < -0.3 is 19.4 Å². The number of nitrogens with zero attached hydrogens (tertiary/aromatic N) is 1. The number of hydrogen-bond donors (Lipinski definition) is 1. The molecule has 0 spiro atoms. The highest BCUT2D eigenvalue weighted by Crippen LogP contribution is 2.29. The van der Waals surface area contributed by atoms with Gasteiger partial charge in [0.05, 0.1) is 0 Å². The first-order valence-corrected chi connectivity index (χ1v) is 4.53. The Morgan fingerprint density at radius 2 is 2.21 bits per heavy atom. The Labute approximate surface area is 83.6 Å². The van der Waals surface area contributed by atoms with E-state index in [1.165, 1.54) is 0 Å². The third kappa shape index (κ3) is 1.89. The van der Waals surface area contributed by atoms with Crippen LogP contribution in [0.5, 0.6) is 0 Å². The average molecular weight is 203 g/mol. The normalized spacial score (nSPS) is 41.6. The first-order chi connectivity index (χ1) is 6.57.